The summed E-state index contributed by atoms with van der Waals surface area (Å²) < 4.78 is 24.2. The fraction of sp³-hybridized carbons (Fsp3) is 0.158. The number of benzene rings is 1. The first-order valence-corrected chi connectivity index (χ1v) is 10.6. The normalized spacial score (nSPS) is 11.7. The topological polar surface area (TPSA) is 140 Å². The van der Waals surface area contributed by atoms with Crippen LogP contribution in [0.3, 0.4) is 0 Å². The molecule has 0 aliphatic carbocycles. The van der Waals surface area contributed by atoms with Crippen LogP contribution in [0.4, 0.5) is 17.6 Å². The Labute approximate surface area is 167 Å². The lowest BCUT2D eigenvalue weighted by Gasteiger charge is -2.12. The number of fused-ring (bicyclic) bond motifs is 1. The van der Waals surface area contributed by atoms with Crippen LogP contribution in [-0.4, -0.2) is 39.8 Å². The number of rotatable bonds is 4. The zero-order chi connectivity index (χ0) is 20.8. The van der Waals surface area contributed by atoms with Crippen LogP contribution in [0.2, 0.25) is 0 Å². The van der Waals surface area contributed by atoms with Crippen LogP contribution in [-0.2, 0) is 9.84 Å². The highest BCUT2D eigenvalue weighted by Gasteiger charge is 2.17. The van der Waals surface area contributed by atoms with E-state index in [2.05, 4.69) is 30.5 Å². The quantitative estimate of drug-likeness (QED) is 0.467. The Hall–Kier alpha value is -3.53. The van der Waals surface area contributed by atoms with Gasteiger partial charge in [-0.2, -0.15) is 10.1 Å². The van der Waals surface area contributed by atoms with Crippen molar-refractivity contribution >= 4 is 38.5 Å². The second-order valence-electron chi connectivity index (χ2n) is 6.79. The third kappa shape index (κ3) is 3.61. The van der Waals surface area contributed by atoms with Crippen LogP contribution < -0.4 is 11.1 Å². The Morgan fingerprint density at radius 2 is 1.86 bits per heavy atom. The third-order valence-electron chi connectivity index (χ3n) is 4.51. The third-order valence-corrected chi connectivity index (χ3v) is 5.74. The number of aromatic amines is 1. The molecule has 0 fully saturated rings. The van der Waals surface area contributed by atoms with Gasteiger partial charge in [0.25, 0.3) is 0 Å². The molecule has 3 heterocycles. The van der Waals surface area contributed by atoms with E-state index in [4.69, 9.17) is 5.73 Å². The molecule has 0 amide bonds. The number of hydrogen-bond donors (Lipinski definition) is 3. The Morgan fingerprint density at radius 1 is 1.07 bits per heavy atom. The fourth-order valence-electron chi connectivity index (χ4n) is 3.08. The van der Waals surface area contributed by atoms with Crippen molar-refractivity contribution in [1.82, 2.24) is 25.1 Å². The van der Waals surface area contributed by atoms with E-state index in [0.29, 0.717) is 34.0 Å². The number of nitrogens with one attached hydrogen (secondary N) is 2. The number of pyridine rings is 1. The average molecular weight is 409 g/mol. The van der Waals surface area contributed by atoms with Gasteiger partial charge in [-0.15, -0.1) is 0 Å². The molecule has 4 aromatic rings. The van der Waals surface area contributed by atoms with Crippen LogP contribution in [0.5, 0.6) is 0 Å². The van der Waals surface area contributed by atoms with Crippen LogP contribution >= 0.6 is 0 Å². The highest BCUT2D eigenvalue weighted by Crippen LogP contribution is 2.32. The molecule has 10 heteroatoms. The molecule has 29 heavy (non-hydrogen) atoms. The van der Waals surface area contributed by atoms with Gasteiger partial charge in [0.15, 0.2) is 21.3 Å². The number of nitrogens with two attached hydrogens (primary N) is 1. The van der Waals surface area contributed by atoms with Gasteiger partial charge in [0.1, 0.15) is 5.82 Å². The van der Waals surface area contributed by atoms with Gasteiger partial charge in [-0.25, -0.2) is 18.4 Å². The summed E-state index contributed by atoms with van der Waals surface area (Å²) in [5.74, 6) is 1.03. The number of hydrogen-bond acceptors (Lipinski definition) is 8. The Balaban J connectivity index is 1.83. The van der Waals surface area contributed by atoms with Crippen molar-refractivity contribution in [3.63, 3.8) is 0 Å². The SMILES string of the molecule is Cc1ccc2c(Nc3nc(N)ncc3-c3ccc(C)c(S(C)(=O)=O)c3)n[nH]c2n1. The molecule has 4 N–H and O–H groups in total. The number of aryl methyl sites for hydroxylation is 2. The summed E-state index contributed by atoms with van der Waals surface area (Å²) in [7, 11) is -3.38. The standard InChI is InChI=1S/C19H19N7O2S/c1-10-4-6-12(8-15(10)29(3,27)28)14-9-21-19(20)24-16(14)23-18-13-7-5-11(2)22-17(13)25-26-18/h4-9H,1-3H3,(H4,20,21,22,23,24,25,26). The van der Waals surface area contributed by atoms with Crippen LogP contribution in [0.15, 0.2) is 41.4 Å². The monoisotopic (exact) mass is 409 g/mol. The Bertz CT molecular complexity index is 1350. The number of H-pyrrole nitrogens is 1. The summed E-state index contributed by atoms with van der Waals surface area (Å²) in [6, 6.07) is 8.97. The average Bonchev–Trinajstić information content (AvgIpc) is 3.03. The van der Waals surface area contributed by atoms with E-state index in [0.717, 1.165) is 11.1 Å². The van der Waals surface area contributed by atoms with Gasteiger partial charge >= 0.3 is 0 Å². The molecule has 0 saturated heterocycles. The summed E-state index contributed by atoms with van der Waals surface area (Å²) in [4.78, 5) is 13.0. The first-order chi connectivity index (χ1) is 13.7. The van der Waals surface area contributed by atoms with E-state index in [-0.39, 0.29) is 10.8 Å². The number of nitrogens with zero attached hydrogens (tertiary/aromatic N) is 4. The van der Waals surface area contributed by atoms with E-state index < -0.39 is 9.84 Å². The summed E-state index contributed by atoms with van der Waals surface area (Å²) >= 11 is 0. The molecule has 0 unspecified atom stereocenters. The molecule has 148 valence electrons. The highest BCUT2D eigenvalue weighted by molar-refractivity contribution is 7.90. The van der Waals surface area contributed by atoms with Crippen molar-refractivity contribution in [2.24, 2.45) is 0 Å². The van der Waals surface area contributed by atoms with Crippen molar-refractivity contribution in [1.29, 1.82) is 0 Å². The zero-order valence-electron chi connectivity index (χ0n) is 16.1. The summed E-state index contributed by atoms with van der Waals surface area (Å²) in [6.07, 6.45) is 2.74. The minimum Gasteiger partial charge on any atom is -0.368 e. The summed E-state index contributed by atoms with van der Waals surface area (Å²) in [6.45, 7) is 3.65. The van der Waals surface area contributed by atoms with Crippen LogP contribution in [0.1, 0.15) is 11.3 Å². The van der Waals surface area contributed by atoms with Gasteiger partial charge in [0.05, 0.1) is 10.3 Å². The molecule has 0 bridgehead atoms. The Morgan fingerprint density at radius 3 is 2.62 bits per heavy atom. The molecule has 4 rings (SSSR count). The zero-order valence-corrected chi connectivity index (χ0v) is 16.9. The maximum Gasteiger partial charge on any atom is 0.221 e. The Kier molecular flexibility index (Phi) is 4.42. The van der Waals surface area contributed by atoms with Crippen LogP contribution in [0, 0.1) is 13.8 Å². The number of nitrogen functional groups attached to an aromatic ring is 1. The van der Waals surface area contributed by atoms with Crippen molar-refractivity contribution in [3.8, 4) is 11.1 Å². The van der Waals surface area contributed by atoms with Gasteiger partial charge in [-0.3, -0.25) is 5.10 Å². The predicted molar refractivity (Wildman–Crippen MR) is 112 cm³/mol. The molecule has 0 saturated carbocycles. The lowest BCUT2D eigenvalue weighted by Crippen LogP contribution is -2.04. The molecule has 0 atom stereocenters. The second kappa shape index (κ2) is 6.82. The van der Waals surface area contributed by atoms with Gasteiger partial charge in [-0.05, 0) is 43.2 Å². The lowest BCUT2D eigenvalue weighted by atomic mass is 10.1. The second-order valence-corrected chi connectivity index (χ2v) is 8.77. The van der Waals surface area contributed by atoms with Crippen molar-refractivity contribution in [3.05, 3.63) is 47.8 Å². The fourth-order valence-corrected chi connectivity index (χ4v) is 4.07. The molecular weight excluding hydrogens is 390 g/mol. The number of anilines is 3. The molecule has 0 radical (unpaired) electrons. The molecule has 0 spiro atoms. The lowest BCUT2D eigenvalue weighted by molar-refractivity contribution is 0.601. The van der Waals surface area contributed by atoms with Gasteiger partial charge < -0.3 is 11.1 Å². The molecule has 9 nitrogen and oxygen atoms in total. The molecule has 0 aliphatic rings. The van der Waals surface area contributed by atoms with Crippen LogP contribution in [0.25, 0.3) is 22.2 Å². The minimum absolute atomic E-state index is 0.0838. The summed E-state index contributed by atoms with van der Waals surface area (Å²) in [5.41, 5.74) is 9.22. The molecule has 3 aromatic heterocycles. The maximum absolute atomic E-state index is 12.1. The van der Waals surface area contributed by atoms with E-state index >= 15 is 0 Å². The van der Waals surface area contributed by atoms with E-state index in [9.17, 15) is 8.42 Å². The molecular formula is C19H19N7O2S. The van der Waals surface area contributed by atoms with Crippen molar-refractivity contribution in [2.75, 3.05) is 17.3 Å². The smallest absolute Gasteiger partial charge is 0.221 e. The maximum atomic E-state index is 12.1. The van der Waals surface area contributed by atoms with E-state index in [1.54, 1.807) is 25.3 Å². The first-order valence-electron chi connectivity index (χ1n) is 8.75. The van der Waals surface area contributed by atoms with Gasteiger partial charge in [0, 0.05) is 23.7 Å². The summed E-state index contributed by atoms with van der Waals surface area (Å²) in [5, 5.41) is 11.1. The number of sulfone groups is 1. The minimum atomic E-state index is -3.38. The van der Waals surface area contributed by atoms with Gasteiger partial charge in [-0.1, -0.05) is 12.1 Å². The highest BCUT2D eigenvalue weighted by atomic mass is 32.2. The molecule has 1 aromatic carbocycles. The van der Waals surface area contributed by atoms with E-state index in [1.807, 2.05) is 25.1 Å². The van der Waals surface area contributed by atoms with E-state index in [1.165, 1.54) is 6.26 Å². The van der Waals surface area contributed by atoms with Crippen molar-refractivity contribution in [2.45, 2.75) is 18.7 Å². The van der Waals surface area contributed by atoms with Gasteiger partial charge in [0.2, 0.25) is 5.95 Å². The predicted octanol–water partition coefficient (Wildman–Crippen LogP) is 2.76. The number of aromatic nitrogens is 5. The first kappa shape index (κ1) is 18.8. The van der Waals surface area contributed by atoms with Crippen molar-refractivity contribution < 1.29 is 8.42 Å². The largest absolute Gasteiger partial charge is 0.368 e. The molecule has 0 aliphatic heterocycles.